The monoisotopic (exact) mass is 293 g/mol. The van der Waals surface area contributed by atoms with E-state index in [1.54, 1.807) is 0 Å². The summed E-state index contributed by atoms with van der Waals surface area (Å²) in [6, 6.07) is 9.70. The van der Waals surface area contributed by atoms with Crippen LogP contribution in [-0.2, 0) is 6.42 Å². The minimum absolute atomic E-state index is 0.153. The summed E-state index contributed by atoms with van der Waals surface area (Å²) in [7, 11) is 0. The molecule has 1 heterocycles. The van der Waals surface area contributed by atoms with Crippen LogP contribution in [0.25, 0.3) is 0 Å². The Morgan fingerprint density at radius 1 is 1.26 bits per heavy atom. The van der Waals surface area contributed by atoms with Crippen LogP contribution in [-0.4, -0.2) is 4.92 Å². The number of fused-ring (bicyclic) bond motifs is 1. The third-order valence-corrected chi connectivity index (χ3v) is 3.95. The van der Waals surface area contributed by atoms with Crippen molar-refractivity contribution in [1.82, 2.24) is 0 Å². The van der Waals surface area contributed by atoms with Crippen LogP contribution in [0.15, 0.2) is 35.2 Å². The maximum absolute atomic E-state index is 10.9. The topological polar surface area (TPSA) is 55.7 Å². The number of thiol groups is 1. The van der Waals surface area contributed by atoms with Gasteiger partial charge in [0.05, 0.1) is 9.95 Å². The fourth-order valence-electron chi connectivity index (χ4n) is 2.01. The molecule has 3 rings (SSSR count). The Balaban J connectivity index is 2.06. The van der Waals surface area contributed by atoms with Crippen LogP contribution in [0.5, 0.6) is 11.5 Å². The van der Waals surface area contributed by atoms with Crippen LogP contribution < -0.4 is 4.74 Å². The van der Waals surface area contributed by atoms with Crippen molar-refractivity contribution in [2.75, 3.05) is 0 Å². The smallest absolute Gasteiger partial charge is 0.330 e. The van der Waals surface area contributed by atoms with Crippen LogP contribution in [0, 0.1) is 10.1 Å². The third kappa shape index (κ3) is 2.05. The number of hydrogen-bond acceptors (Lipinski definition) is 4. The quantitative estimate of drug-likeness (QED) is 0.340. The van der Waals surface area contributed by atoms with Crippen molar-refractivity contribution < 1.29 is 9.66 Å². The van der Waals surface area contributed by atoms with Gasteiger partial charge in [-0.15, -0.1) is 12.6 Å². The fourth-order valence-corrected chi connectivity index (χ4v) is 2.57. The average Bonchev–Trinajstić information content (AvgIpc) is 3.15. The summed E-state index contributed by atoms with van der Waals surface area (Å²) in [4.78, 5) is 10.6. The number of nitro benzene ring substituents is 1. The van der Waals surface area contributed by atoms with Crippen LogP contribution in [0.1, 0.15) is 11.1 Å². The van der Waals surface area contributed by atoms with Gasteiger partial charge in [0.1, 0.15) is 4.90 Å². The molecule has 0 fully saturated rings. The Hall–Kier alpha value is -1.72. The van der Waals surface area contributed by atoms with E-state index in [2.05, 4.69) is 12.6 Å². The molecular weight excluding hydrogens is 286 g/mol. The van der Waals surface area contributed by atoms with Gasteiger partial charge >= 0.3 is 5.69 Å². The van der Waals surface area contributed by atoms with Crippen molar-refractivity contribution >= 4 is 29.9 Å². The highest BCUT2D eigenvalue weighted by Gasteiger charge is 2.40. The Labute approximate surface area is 119 Å². The zero-order chi connectivity index (χ0) is 13.6. The molecule has 0 saturated heterocycles. The predicted molar refractivity (Wildman–Crippen MR) is 74.7 cm³/mol. The van der Waals surface area contributed by atoms with Crippen molar-refractivity contribution in [3.63, 3.8) is 0 Å². The van der Waals surface area contributed by atoms with Gasteiger partial charge in [0.25, 0.3) is 0 Å². The number of nitro groups is 1. The molecule has 0 saturated carbocycles. The second-order valence-corrected chi connectivity index (χ2v) is 4.99. The van der Waals surface area contributed by atoms with Gasteiger partial charge in [-0.3, -0.25) is 10.1 Å². The van der Waals surface area contributed by atoms with E-state index in [0.29, 0.717) is 12.2 Å². The van der Waals surface area contributed by atoms with Gasteiger partial charge in [-0.1, -0.05) is 41.9 Å². The van der Waals surface area contributed by atoms with E-state index >= 15 is 0 Å². The lowest BCUT2D eigenvalue weighted by atomic mass is 10.0. The van der Waals surface area contributed by atoms with Gasteiger partial charge in [0.15, 0.2) is 5.75 Å². The summed E-state index contributed by atoms with van der Waals surface area (Å²) in [5.41, 5.74) is 1.65. The number of rotatable bonds is 3. The Morgan fingerprint density at radius 2 is 1.95 bits per heavy atom. The summed E-state index contributed by atoms with van der Waals surface area (Å²) >= 11 is 10.3. The summed E-state index contributed by atoms with van der Waals surface area (Å²) in [6.07, 6.45) is 0.563. The molecular formula is C13H8ClNO3S. The van der Waals surface area contributed by atoms with Crippen LogP contribution in [0.2, 0.25) is 5.02 Å². The highest BCUT2D eigenvalue weighted by Crippen LogP contribution is 2.60. The molecule has 0 bridgehead atoms. The van der Waals surface area contributed by atoms with Gasteiger partial charge in [-0.05, 0) is 5.56 Å². The van der Waals surface area contributed by atoms with Gasteiger partial charge in [0.2, 0.25) is 5.75 Å². The fraction of sp³-hybridized carbons (Fsp3) is 0.0769. The molecule has 0 aliphatic carbocycles. The first-order valence-electron chi connectivity index (χ1n) is 5.53. The van der Waals surface area contributed by atoms with E-state index in [0.717, 1.165) is 11.1 Å². The third-order valence-electron chi connectivity index (χ3n) is 2.96. The summed E-state index contributed by atoms with van der Waals surface area (Å²) in [5, 5.41) is 11.2. The average molecular weight is 294 g/mol. The van der Waals surface area contributed by atoms with E-state index in [9.17, 15) is 10.1 Å². The SMILES string of the molecule is O=[N+]([O-])c1c(S)c(Cl)c(Cc2ccccc2)c2c1O2. The maximum Gasteiger partial charge on any atom is 0.330 e. The minimum Gasteiger partial charge on any atom is -0.442 e. The summed E-state index contributed by atoms with van der Waals surface area (Å²) in [6.45, 7) is 0. The lowest BCUT2D eigenvalue weighted by Crippen LogP contribution is -1.92. The van der Waals surface area contributed by atoms with Crippen molar-refractivity contribution in [1.29, 1.82) is 0 Å². The number of hydrogen-bond donors (Lipinski definition) is 1. The highest BCUT2D eigenvalue weighted by molar-refractivity contribution is 7.80. The molecule has 0 spiro atoms. The number of halogens is 1. The van der Waals surface area contributed by atoms with E-state index in [-0.39, 0.29) is 21.4 Å². The molecule has 0 atom stereocenters. The molecule has 0 aromatic heterocycles. The van der Waals surface area contributed by atoms with E-state index < -0.39 is 4.92 Å². The van der Waals surface area contributed by atoms with Crippen molar-refractivity contribution in [3.05, 3.63) is 56.6 Å². The zero-order valence-corrected chi connectivity index (χ0v) is 11.2. The van der Waals surface area contributed by atoms with E-state index in [4.69, 9.17) is 16.3 Å². The first-order valence-corrected chi connectivity index (χ1v) is 6.35. The highest BCUT2D eigenvalue weighted by atomic mass is 35.5. The minimum atomic E-state index is -0.521. The molecule has 1 aliphatic rings. The first kappa shape index (κ1) is 12.3. The van der Waals surface area contributed by atoms with Gasteiger partial charge in [-0.25, -0.2) is 0 Å². The van der Waals surface area contributed by atoms with Crippen LogP contribution in [0.4, 0.5) is 5.69 Å². The van der Waals surface area contributed by atoms with Crippen LogP contribution in [0.3, 0.4) is 0 Å². The normalized spacial score (nSPS) is 11.7. The zero-order valence-electron chi connectivity index (χ0n) is 9.59. The second-order valence-electron chi connectivity index (χ2n) is 4.17. The number of ether oxygens (including phenoxy) is 1. The summed E-state index contributed by atoms with van der Waals surface area (Å²) in [5.74, 6) is 0.795. The van der Waals surface area contributed by atoms with Crippen molar-refractivity contribution in [2.45, 2.75) is 11.3 Å². The van der Waals surface area contributed by atoms with Crippen LogP contribution >= 0.6 is 24.2 Å². The molecule has 1 aliphatic heterocycles. The second kappa shape index (κ2) is 4.43. The molecule has 0 N–H and O–H groups in total. The largest absolute Gasteiger partial charge is 0.442 e. The first-order chi connectivity index (χ1) is 9.09. The molecule has 96 valence electrons. The van der Waals surface area contributed by atoms with Crippen molar-refractivity contribution in [3.8, 4) is 11.5 Å². The molecule has 0 unspecified atom stereocenters. The molecule has 0 amide bonds. The molecule has 2 aromatic rings. The maximum atomic E-state index is 10.9. The number of benzene rings is 2. The molecule has 6 heteroatoms. The van der Waals surface area contributed by atoms with Crippen molar-refractivity contribution in [2.24, 2.45) is 0 Å². The Morgan fingerprint density at radius 3 is 2.58 bits per heavy atom. The molecule has 2 aromatic carbocycles. The Bertz CT molecular complexity index is 688. The lowest BCUT2D eigenvalue weighted by molar-refractivity contribution is -0.387. The van der Waals surface area contributed by atoms with E-state index in [1.165, 1.54) is 0 Å². The predicted octanol–water partition coefficient (Wildman–Crippen LogP) is 4.23. The van der Waals surface area contributed by atoms with Gasteiger partial charge < -0.3 is 4.74 Å². The Kier molecular flexibility index (Phi) is 2.88. The van der Waals surface area contributed by atoms with E-state index in [1.807, 2.05) is 30.3 Å². The standard InChI is InChI=1S/C13H8ClNO3S/c14-9-8(6-7-4-2-1-3-5-7)11-12(18-11)10(13(9)19)15(16)17/h1-5,19H,6H2. The number of nitrogens with zero attached hydrogens (tertiary/aromatic N) is 1. The molecule has 19 heavy (non-hydrogen) atoms. The molecule has 4 nitrogen and oxygen atoms in total. The summed E-state index contributed by atoms with van der Waals surface area (Å²) < 4.78 is 5.22. The molecule has 0 radical (unpaired) electrons. The lowest BCUT2D eigenvalue weighted by Gasteiger charge is -2.04. The van der Waals surface area contributed by atoms with Gasteiger partial charge in [0, 0.05) is 12.0 Å². The van der Waals surface area contributed by atoms with Gasteiger partial charge in [-0.2, -0.15) is 0 Å².